The van der Waals surface area contributed by atoms with Gasteiger partial charge in [-0.1, -0.05) is 184 Å². The van der Waals surface area contributed by atoms with E-state index in [1.807, 2.05) is 0 Å². The lowest BCUT2D eigenvalue weighted by Gasteiger charge is -2.30. The van der Waals surface area contributed by atoms with Crippen molar-refractivity contribution in [1.29, 1.82) is 0 Å². The molecule has 0 radical (unpaired) electrons. The van der Waals surface area contributed by atoms with Crippen LogP contribution < -0.4 is 4.90 Å². The molecular formula is C57H41N. The van der Waals surface area contributed by atoms with E-state index in [1.54, 1.807) is 0 Å². The van der Waals surface area contributed by atoms with E-state index < -0.39 is 0 Å². The Bertz CT molecular complexity index is 3200. The Labute approximate surface area is 340 Å². The first kappa shape index (κ1) is 34.1. The fourth-order valence-electron chi connectivity index (χ4n) is 9.54. The molecule has 0 unspecified atom stereocenters. The van der Waals surface area contributed by atoms with Gasteiger partial charge in [-0.3, -0.25) is 0 Å². The molecule has 0 atom stereocenters. The van der Waals surface area contributed by atoms with Gasteiger partial charge in [0.15, 0.2) is 0 Å². The fourth-order valence-corrected chi connectivity index (χ4v) is 9.54. The number of fused-ring (bicyclic) bond motifs is 7. The third-order valence-electron chi connectivity index (χ3n) is 12.5. The van der Waals surface area contributed by atoms with Crippen molar-refractivity contribution in [2.75, 3.05) is 4.90 Å². The van der Waals surface area contributed by atoms with E-state index in [1.165, 1.54) is 88.0 Å². The lowest BCUT2D eigenvalue weighted by Crippen LogP contribution is -2.14. The normalized spacial score (nSPS) is 12.8. The van der Waals surface area contributed by atoms with Crippen molar-refractivity contribution in [3.63, 3.8) is 0 Å². The third-order valence-corrected chi connectivity index (χ3v) is 12.5. The van der Waals surface area contributed by atoms with Crippen LogP contribution in [0.2, 0.25) is 0 Å². The average molecular weight is 740 g/mol. The van der Waals surface area contributed by atoms with Gasteiger partial charge in [-0.2, -0.15) is 0 Å². The SMILES string of the molecule is CC1(C)c2ccccc2-c2ccc(-c3ccc(N(c4ccccc4-c4ccc5ccccc5c4)c4ccccc4-c4cc5ccccc5c5ccccc45)cc3)cc21. The van der Waals surface area contributed by atoms with Gasteiger partial charge >= 0.3 is 0 Å². The summed E-state index contributed by atoms with van der Waals surface area (Å²) in [6.07, 6.45) is 0. The average Bonchev–Trinajstić information content (AvgIpc) is 3.52. The topological polar surface area (TPSA) is 3.24 Å². The smallest absolute Gasteiger partial charge is 0.0540 e. The first-order chi connectivity index (χ1) is 28.5. The minimum atomic E-state index is -0.0538. The molecule has 10 aromatic carbocycles. The van der Waals surface area contributed by atoms with E-state index in [0.717, 1.165) is 17.1 Å². The molecule has 274 valence electrons. The minimum Gasteiger partial charge on any atom is -0.309 e. The lowest BCUT2D eigenvalue weighted by molar-refractivity contribution is 0.660. The fraction of sp³-hybridized carbons (Fsp3) is 0.0526. The van der Waals surface area contributed by atoms with Gasteiger partial charge < -0.3 is 4.90 Å². The zero-order valence-electron chi connectivity index (χ0n) is 32.7. The van der Waals surface area contributed by atoms with Crippen LogP contribution in [0.4, 0.5) is 17.1 Å². The zero-order valence-corrected chi connectivity index (χ0v) is 32.7. The predicted molar refractivity (Wildman–Crippen MR) is 248 cm³/mol. The maximum Gasteiger partial charge on any atom is 0.0540 e. The Balaban J connectivity index is 1.10. The lowest BCUT2D eigenvalue weighted by atomic mass is 9.81. The molecule has 10 aromatic rings. The summed E-state index contributed by atoms with van der Waals surface area (Å²) < 4.78 is 0. The van der Waals surface area contributed by atoms with Crippen molar-refractivity contribution in [3.8, 4) is 44.5 Å². The Kier molecular flexibility index (Phi) is 7.91. The number of rotatable bonds is 6. The van der Waals surface area contributed by atoms with Crippen molar-refractivity contribution in [3.05, 3.63) is 223 Å². The Morgan fingerprint density at radius 3 is 1.66 bits per heavy atom. The zero-order chi connectivity index (χ0) is 38.8. The predicted octanol–water partition coefficient (Wildman–Crippen LogP) is 15.9. The summed E-state index contributed by atoms with van der Waals surface area (Å²) in [5.74, 6) is 0. The highest BCUT2D eigenvalue weighted by Gasteiger charge is 2.35. The molecule has 0 N–H and O–H groups in total. The summed E-state index contributed by atoms with van der Waals surface area (Å²) in [5.41, 5.74) is 16.0. The second-order valence-corrected chi connectivity index (χ2v) is 16.1. The summed E-state index contributed by atoms with van der Waals surface area (Å²) in [4.78, 5) is 2.47. The maximum absolute atomic E-state index is 2.47. The van der Waals surface area contributed by atoms with Crippen LogP contribution in [0.5, 0.6) is 0 Å². The van der Waals surface area contributed by atoms with Gasteiger partial charge in [0, 0.05) is 22.2 Å². The number of benzene rings is 10. The molecule has 0 saturated carbocycles. The van der Waals surface area contributed by atoms with E-state index in [9.17, 15) is 0 Å². The van der Waals surface area contributed by atoms with Crippen LogP contribution in [0, 0.1) is 0 Å². The maximum atomic E-state index is 2.47. The molecular weight excluding hydrogens is 699 g/mol. The standard InChI is InChI=1S/C57H41N/c1-57(2)53-24-12-9-22-49(53)50-34-31-41(37-54(50)57)39-29-32-44(33-30-39)58(55-25-13-10-19-46(55)43-28-27-38-15-3-4-16-40(38)35-43)56-26-14-11-23-51(56)52-36-42-17-5-6-18-45(42)47-20-7-8-21-48(47)52/h3-37H,1-2H3. The summed E-state index contributed by atoms with van der Waals surface area (Å²) in [6, 6.07) is 78.3. The van der Waals surface area contributed by atoms with E-state index in [-0.39, 0.29) is 5.41 Å². The molecule has 0 saturated heterocycles. The molecule has 0 heterocycles. The van der Waals surface area contributed by atoms with Gasteiger partial charge in [-0.25, -0.2) is 0 Å². The van der Waals surface area contributed by atoms with Crippen molar-refractivity contribution >= 4 is 49.4 Å². The summed E-state index contributed by atoms with van der Waals surface area (Å²) in [6.45, 7) is 4.71. The molecule has 0 fully saturated rings. The Morgan fingerprint density at radius 2 is 0.862 bits per heavy atom. The monoisotopic (exact) mass is 739 g/mol. The number of para-hydroxylation sites is 2. The molecule has 0 spiro atoms. The Morgan fingerprint density at radius 1 is 0.310 bits per heavy atom. The van der Waals surface area contributed by atoms with Crippen LogP contribution in [0.3, 0.4) is 0 Å². The number of hydrogen-bond acceptors (Lipinski definition) is 1. The van der Waals surface area contributed by atoms with Crippen molar-refractivity contribution in [2.24, 2.45) is 0 Å². The summed E-state index contributed by atoms with van der Waals surface area (Å²) >= 11 is 0. The van der Waals surface area contributed by atoms with Crippen LogP contribution in [-0.4, -0.2) is 0 Å². The van der Waals surface area contributed by atoms with Crippen molar-refractivity contribution < 1.29 is 0 Å². The molecule has 11 rings (SSSR count). The molecule has 1 aliphatic carbocycles. The second kappa shape index (κ2) is 13.5. The third kappa shape index (κ3) is 5.46. The molecule has 58 heavy (non-hydrogen) atoms. The number of anilines is 3. The van der Waals surface area contributed by atoms with Gasteiger partial charge in [0.05, 0.1) is 11.4 Å². The molecule has 1 nitrogen and oxygen atoms in total. The minimum absolute atomic E-state index is 0.0538. The van der Waals surface area contributed by atoms with E-state index in [2.05, 4.69) is 231 Å². The summed E-state index contributed by atoms with van der Waals surface area (Å²) in [7, 11) is 0. The summed E-state index contributed by atoms with van der Waals surface area (Å²) in [5, 5.41) is 7.48. The number of nitrogens with zero attached hydrogens (tertiary/aromatic N) is 1. The molecule has 0 bridgehead atoms. The molecule has 0 amide bonds. The van der Waals surface area contributed by atoms with Gasteiger partial charge in [0.2, 0.25) is 0 Å². The van der Waals surface area contributed by atoms with Gasteiger partial charge in [-0.15, -0.1) is 0 Å². The molecule has 1 aliphatic rings. The Hall–Kier alpha value is -7.22. The van der Waals surface area contributed by atoms with E-state index in [4.69, 9.17) is 0 Å². The van der Waals surface area contributed by atoms with Crippen molar-refractivity contribution in [2.45, 2.75) is 19.3 Å². The molecule has 0 aliphatic heterocycles. The molecule has 1 heteroatoms. The van der Waals surface area contributed by atoms with Gasteiger partial charge in [-0.05, 0) is 119 Å². The van der Waals surface area contributed by atoms with Crippen LogP contribution >= 0.6 is 0 Å². The van der Waals surface area contributed by atoms with E-state index >= 15 is 0 Å². The van der Waals surface area contributed by atoms with Gasteiger partial charge in [0.25, 0.3) is 0 Å². The second-order valence-electron chi connectivity index (χ2n) is 16.1. The van der Waals surface area contributed by atoms with E-state index in [0.29, 0.717) is 0 Å². The highest BCUT2D eigenvalue weighted by atomic mass is 15.1. The quantitative estimate of drug-likeness (QED) is 0.154. The largest absolute Gasteiger partial charge is 0.309 e. The highest BCUT2D eigenvalue weighted by molar-refractivity contribution is 6.15. The van der Waals surface area contributed by atoms with Crippen LogP contribution in [0.25, 0.3) is 76.8 Å². The van der Waals surface area contributed by atoms with Gasteiger partial charge in [0.1, 0.15) is 0 Å². The first-order valence-electron chi connectivity index (χ1n) is 20.3. The molecule has 0 aromatic heterocycles. The van der Waals surface area contributed by atoms with Crippen LogP contribution in [0.1, 0.15) is 25.0 Å². The number of hydrogen-bond donors (Lipinski definition) is 0. The van der Waals surface area contributed by atoms with Crippen molar-refractivity contribution in [1.82, 2.24) is 0 Å². The van der Waals surface area contributed by atoms with Crippen LogP contribution in [0.15, 0.2) is 212 Å². The first-order valence-corrected chi connectivity index (χ1v) is 20.3. The highest BCUT2D eigenvalue weighted by Crippen LogP contribution is 2.50. The van der Waals surface area contributed by atoms with Crippen LogP contribution in [-0.2, 0) is 5.41 Å².